The fourth-order valence-electron chi connectivity index (χ4n) is 0.995. The molecule has 0 saturated heterocycles. The lowest BCUT2D eigenvalue weighted by Gasteiger charge is -2.01. The van der Waals surface area contributed by atoms with E-state index in [0.717, 1.165) is 0 Å². The van der Waals surface area contributed by atoms with Crippen molar-refractivity contribution in [1.82, 2.24) is 0 Å². The van der Waals surface area contributed by atoms with Crippen molar-refractivity contribution in [3.63, 3.8) is 0 Å². The highest BCUT2D eigenvalue weighted by atomic mass is 32.2. The largest absolute Gasteiger partial charge is 0.231 e. The van der Waals surface area contributed by atoms with E-state index in [-0.39, 0.29) is 0 Å². The van der Waals surface area contributed by atoms with Gasteiger partial charge >= 0.3 is 0 Å². The van der Waals surface area contributed by atoms with Crippen LogP contribution in [-0.4, -0.2) is 8.42 Å². The van der Waals surface area contributed by atoms with Crippen molar-refractivity contribution >= 4 is 17.0 Å². The van der Waals surface area contributed by atoms with Crippen molar-refractivity contribution in [1.29, 1.82) is 0 Å². The molecule has 0 aliphatic carbocycles. The fraction of sp³-hybridized carbons (Fsp3) is 0.200. The third-order valence-electron chi connectivity index (χ3n) is 1.87. The van der Waals surface area contributed by atoms with E-state index in [9.17, 15) is 0 Å². The van der Waals surface area contributed by atoms with Gasteiger partial charge in [-0.25, -0.2) is 13.6 Å². The topological polar surface area (TPSA) is 60.2 Å². The van der Waals surface area contributed by atoms with Gasteiger partial charge in [-0.1, -0.05) is 30.9 Å². The minimum absolute atomic E-state index is 1.24. The Morgan fingerprint density at radius 1 is 1.36 bits per heavy atom. The van der Waals surface area contributed by atoms with Gasteiger partial charge in [-0.3, -0.25) is 0 Å². The maximum absolute atomic E-state index is 8.81. The maximum Gasteiger partial charge on any atom is 0.198 e. The number of nitrogens with two attached hydrogens (primary N) is 1. The summed E-state index contributed by atoms with van der Waals surface area (Å²) in [4.78, 5) is 0. The van der Waals surface area contributed by atoms with Crippen LogP contribution in [-0.2, 0) is 10.9 Å². The molecule has 0 aliphatic rings. The summed E-state index contributed by atoms with van der Waals surface area (Å²) in [5.41, 5.74) is 3.90. The molecule has 0 radical (unpaired) electrons. The Morgan fingerprint density at radius 2 is 1.86 bits per heavy atom. The molecule has 0 heterocycles. The monoisotopic (exact) mass is 213 g/mol. The lowest BCUT2D eigenvalue weighted by atomic mass is 10.0. The number of benzene rings is 1. The van der Waals surface area contributed by atoms with E-state index in [1.54, 1.807) is 0 Å². The highest BCUT2D eigenvalue weighted by molar-refractivity contribution is 7.69. The molecule has 4 heteroatoms. The van der Waals surface area contributed by atoms with Crippen LogP contribution in [0.15, 0.2) is 24.8 Å². The number of thiol groups is 1. The average molecular weight is 213 g/mol. The Hall–Kier alpha value is -1.13. The summed E-state index contributed by atoms with van der Waals surface area (Å²) in [6.45, 7) is 7.96. The van der Waals surface area contributed by atoms with Crippen molar-refractivity contribution < 1.29 is 8.42 Å². The maximum atomic E-state index is 8.81. The minimum atomic E-state index is -2.62. The first-order chi connectivity index (χ1) is 6.49. The highest BCUT2D eigenvalue weighted by Gasteiger charge is 1.93. The van der Waals surface area contributed by atoms with E-state index >= 15 is 0 Å². The van der Waals surface area contributed by atoms with Gasteiger partial charge in [0.2, 0.25) is 0 Å². The summed E-state index contributed by atoms with van der Waals surface area (Å²) in [6.07, 6.45) is 1.89. The summed E-state index contributed by atoms with van der Waals surface area (Å²) in [7, 11) is -2.62. The Bertz CT molecular complexity index is 376. The van der Waals surface area contributed by atoms with Crippen LogP contribution < -0.4 is 5.14 Å². The van der Waals surface area contributed by atoms with E-state index in [1.807, 2.05) is 6.08 Å². The number of hydrogen-bond donors (Lipinski definition) is 2. The molecule has 2 N–H and O–H groups in total. The van der Waals surface area contributed by atoms with E-state index in [2.05, 4.69) is 43.8 Å². The Balaban J connectivity index is 0.000000364. The fourth-order valence-corrected chi connectivity index (χ4v) is 0.995. The third kappa shape index (κ3) is 4.79. The van der Waals surface area contributed by atoms with Gasteiger partial charge in [0.15, 0.2) is 10.9 Å². The van der Waals surface area contributed by atoms with Gasteiger partial charge < -0.3 is 0 Å². The molecule has 3 nitrogen and oxygen atoms in total. The summed E-state index contributed by atoms with van der Waals surface area (Å²) < 4.78 is 17.6. The number of rotatable bonds is 1. The second-order valence-electron chi connectivity index (χ2n) is 2.78. The Labute approximate surface area is 86.3 Å². The zero-order valence-electron chi connectivity index (χ0n) is 8.36. The standard InChI is InChI=1S/C10H12.H3NO2S/c1-4-10-7-5-6-8(2)9(10)3;1-4(2)3/h4-7H,1H2,2-3H3;4H,(H2,1,2,3). The second-order valence-corrected chi connectivity index (χ2v) is 3.35. The molecule has 0 fully saturated rings. The molecular formula is C10H15NO2S. The normalized spacial score (nSPS) is 9.14. The summed E-state index contributed by atoms with van der Waals surface area (Å²) >= 11 is 0. The first-order valence-corrected chi connectivity index (χ1v) is 5.31. The SMILES string of the molecule is C=Cc1cccc(C)c1C.N[SH](=O)=O. The van der Waals surface area contributed by atoms with Crippen LogP contribution in [0.2, 0.25) is 0 Å². The Kier molecular flexibility index (Phi) is 5.83. The molecule has 1 rings (SSSR count). The van der Waals surface area contributed by atoms with Crippen LogP contribution >= 0.6 is 0 Å². The predicted octanol–water partition coefficient (Wildman–Crippen LogP) is 1.42. The minimum Gasteiger partial charge on any atom is -0.231 e. The van der Waals surface area contributed by atoms with Gasteiger partial charge in [0, 0.05) is 0 Å². The van der Waals surface area contributed by atoms with Crippen LogP contribution in [0.5, 0.6) is 0 Å². The van der Waals surface area contributed by atoms with Gasteiger partial charge in [0.05, 0.1) is 0 Å². The lowest BCUT2D eigenvalue weighted by Crippen LogP contribution is -1.85. The molecule has 0 spiro atoms. The second kappa shape index (κ2) is 6.34. The zero-order valence-corrected chi connectivity index (χ0v) is 9.25. The molecule has 0 atom stereocenters. The van der Waals surface area contributed by atoms with Crippen molar-refractivity contribution in [2.45, 2.75) is 13.8 Å². The van der Waals surface area contributed by atoms with Gasteiger partial charge in [0.1, 0.15) is 0 Å². The van der Waals surface area contributed by atoms with Crippen molar-refractivity contribution in [2.24, 2.45) is 5.14 Å². The predicted molar refractivity (Wildman–Crippen MR) is 60.5 cm³/mol. The molecule has 0 amide bonds. The van der Waals surface area contributed by atoms with E-state index in [4.69, 9.17) is 8.42 Å². The van der Waals surface area contributed by atoms with Crippen LogP contribution in [0.4, 0.5) is 0 Å². The van der Waals surface area contributed by atoms with Crippen LogP contribution in [0, 0.1) is 13.8 Å². The molecular weight excluding hydrogens is 198 g/mol. The lowest BCUT2D eigenvalue weighted by molar-refractivity contribution is 0.616. The quantitative estimate of drug-likeness (QED) is 0.693. The van der Waals surface area contributed by atoms with Gasteiger partial charge in [-0.05, 0) is 30.5 Å². The molecule has 78 valence electrons. The molecule has 0 aliphatic heterocycles. The van der Waals surface area contributed by atoms with E-state index < -0.39 is 10.9 Å². The summed E-state index contributed by atoms with van der Waals surface area (Å²) in [5.74, 6) is 0. The summed E-state index contributed by atoms with van der Waals surface area (Å²) in [5, 5.41) is 4.06. The van der Waals surface area contributed by atoms with Crippen molar-refractivity contribution in [3.8, 4) is 0 Å². The molecule has 0 saturated carbocycles. The third-order valence-corrected chi connectivity index (χ3v) is 1.87. The van der Waals surface area contributed by atoms with Gasteiger partial charge in [-0.2, -0.15) is 0 Å². The van der Waals surface area contributed by atoms with Gasteiger partial charge in [0.25, 0.3) is 0 Å². The number of hydrogen-bond acceptors (Lipinski definition) is 2. The first kappa shape index (κ1) is 12.9. The molecule has 0 aromatic heterocycles. The smallest absolute Gasteiger partial charge is 0.198 e. The van der Waals surface area contributed by atoms with E-state index in [0.29, 0.717) is 0 Å². The first-order valence-electron chi connectivity index (χ1n) is 4.06. The molecule has 0 unspecified atom stereocenters. The van der Waals surface area contributed by atoms with Gasteiger partial charge in [-0.15, -0.1) is 0 Å². The van der Waals surface area contributed by atoms with Crippen molar-refractivity contribution in [2.75, 3.05) is 0 Å². The zero-order chi connectivity index (χ0) is 11.1. The molecule has 1 aromatic rings. The number of aryl methyl sites for hydroxylation is 1. The van der Waals surface area contributed by atoms with Crippen LogP contribution in [0.1, 0.15) is 16.7 Å². The van der Waals surface area contributed by atoms with E-state index in [1.165, 1.54) is 16.7 Å². The van der Waals surface area contributed by atoms with Crippen molar-refractivity contribution in [3.05, 3.63) is 41.5 Å². The van der Waals surface area contributed by atoms with Crippen LogP contribution in [0.3, 0.4) is 0 Å². The highest BCUT2D eigenvalue weighted by Crippen LogP contribution is 2.12. The molecule has 14 heavy (non-hydrogen) atoms. The molecule has 1 aromatic carbocycles. The summed E-state index contributed by atoms with van der Waals surface area (Å²) in [6, 6.07) is 6.25. The molecule has 0 bridgehead atoms. The Morgan fingerprint density at radius 3 is 2.21 bits per heavy atom. The van der Waals surface area contributed by atoms with Crippen LogP contribution in [0.25, 0.3) is 6.08 Å². The average Bonchev–Trinajstić information content (AvgIpc) is 2.09.